The minimum Gasteiger partial charge on any atom is -0.477 e. The molecule has 6 heteroatoms. The molecule has 1 aromatic rings. The molecule has 0 aliphatic carbocycles. The lowest BCUT2D eigenvalue weighted by atomic mass is 10.0. The van der Waals surface area contributed by atoms with Crippen LogP contribution in [-0.4, -0.2) is 28.1 Å². The van der Waals surface area contributed by atoms with Crippen LogP contribution in [0.15, 0.2) is 18.3 Å². The molecule has 1 heterocycles. The molecular weight excluding hydrogens is 258 g/mol. The summed E-state index contributed by atoms with van der Waals surface area (Å²) in [5, 5.41) is 14.4. The summed E-state index contributed by atoms with van der Waals surface area (Å²) in [4.78, 5) is 26.2. The van der Waals surface area contributed by atoms with Gasteiger partial charge in [-0.05, 0) is 24.0 Å². The van der Waals surface area contributed by atoms with Gasteiger partial charge in [-0.2, -0.15) is 0 Å². The number of urea groups is 1. The van der Waals surface area contributed by atoms with Crippen LogP contribution in [0.1, 0.15) is 43.2 Å². The van der Waals surface area contributed by atoms with E-state index >= 15 is 0 Å². The summed E-state index contributed by atoms with van der Waals surface area (Å²) in [6.45, 7) is 6.46. The number of carboxylic acids is 1. The largest absolute Gasteiger partial charge is 0.477 e. The van der Waals surface area contributed by atoms with Gasteiger partial charge in [-0.1, -0.05) is 26.8 Å². The van der Waals surface area contributed by atoms with Gasteiger partial charge in [0.2, 0.25) is 0 Å². The van der Waals surface area contributed by atoms with Crippen LogP contribution in [0.4, 0.5) is 4.79 Å². The number of rotatable bonds is 6. The number of hydrogen-bond donors (Lipinski definition) is 3. The Labute approximate surface area is 118 Å². The number of nitrogens with one attached hydrogen (secondary N) is 2. The maximum atomic E-state index is 11.7. The first-order chi connectivity index (χ1) is 9.43. The highest BCUT2D eigenvalue weighted by Crippen LogP contribution is 2.05. The third kappa shape index (κ3) is 4.87. The van der Waals surface area contributed by atoms with Crippen LogP contribution in [0.25, 0.3) is 0 Å². The lowest BCUT2D eigenvalue weighted by Crippen LogP contribution is -2.43. The molecule has 0 saturated heterocycles. The second-order valence-electron chi connectivity index (χ2n) is 4.94. The molecule has 20 heavy (non-hydrogen) atoms. The monoisotopic (exact) mass is 279 g/mol. The van der Waals surface area contributed by atoms with E-state index in [0.717, 1.165) is 12.0 Å². The number of pyridine rings is 1. The Morgan fingerprint density at radius 3 is 2.50 bits per heavy atom. The average Bonchev–Trinajstić information content (AvgIpc) is 2.42. The Kier molecular flexibility index (Phi) is 5.96. The van der Waals surface area contributed by atoms with E-state index in [1.165, 1.54) is 12.3 Å². The van der Waals surface area contributed by atoms with Crippen LogP contribution in [0.3, 0.4) is 0 Å². The van der Waals surface area contributed by atoms with E-state index in [1.54, 1.807) is 6.07 Å². The number of nitrogens with zero attached hydrogens (tertiary/aromatic N) is 1. The maximum Gasteiger partial charge on any atom is 0.354 e. The van der Waals surface area contributed by atoms with Crippen molar-refractivity contribution in [2.45, 2.75) is 39.8 Å². The molecule has 0 radical (unpaired) electrons. The van der Waals surface area contributed by atoms with Crippen molar-refractivity contribution >= 4 is 12.0 Å². The van der Waals surface area contributed by atoms with Gasteiger partial charge in [0, 0.05) is 18.8 Å². The van der Waals surface area contributed by atoms with Crippen molar-refractivity contribution in [1.82, 2.24) is 15.6 Å². The van der Waals surface area contributed by atoms with Gasteiger partial charge in [-0.25, -0.2) is 14.6 Å². The lowest BCUT2D eigenvalue weighted by molar-refractivity contribution is 0.0690. The molecule has 0 spiro atoms. The maximum absolute atomic E-state index is 11.7. The molecule has 110 valence electrons. The van der Waals surface area contributed by atoms with Gasteiger partial charge in [0.15, 0.2) is 0 Å². The van der Waals surface area contributed by atoms with Crippen molar-refractivity contribution in [3.8, 4) is 0 Å². The van der Waals surface area contributed by atoms with Gasteiger partial charge >= 0.3 is 12.0 Å². The summed E-state index contributed by atoms with van der Waals surface area (Å²) in [7, 11) is 0. The highest BCUT2D eigenvalue weighted by atomic mass is 16.4. The van der Waals surface area contributed by atoms with Gasteiger partial charge in [0.25, 0.3) is 0 Å². The van der Waals surface area contributed by atoms with Crippen LogP contribution in [0.5, 0.6) is 0 Å². The van der Waals surface area contributed by atoms with Crippen LogP contribution in [-0.2, 0) is 6.54 Å². The molecule has 0 fully saturated rings. The lowest BCUT2D eigenvalue weighted by Gasteiger charge is -2.20. The fourth-order valence-electron chi connectivity index (χ4n) is 1.80. The number of carbonyl (C=O) groups excluding carboxylic acids is 1. The molecular formula is C14H21N3O3. The Morgan fingerprint density at radius 2 is 2.05 bits per heavy atom. The van der Waals surface area contributed by atoms with Crippen molar-refractivity contribution in [2.75, 3.05) is 0 Å². The fourth-order valence-corrected chi connectivity index (χ4v) is 1.80. The van der Waals surface area contributed by atoms with E-state index in [9.17, 15) is 9.59 Å². The van der Waals surface area contributed by atoms with Crippen LogP contribution in [0, 0.1) is 5.92 Å². The van der Waals surface area contributed by atoms with E-state index in [4.69, 9.17) is 5.11 Å². The summed E-state index contributed by atoms with van der Waals surface area (Å²) < 4.78 is 0. The Morgan fingerprint density at radius 1 is 1.35 bits per heavy atom. The van der Waals surface area contributed by atoms with Gasteiger partial charge < -0.3 is 15.7 Å². The summed E-state index contributed by atoms with van der Waals surface area (Å²) in [6.07, 6.45) is 2.32. The summed E-state index contributed by atoms with van der Waals surface area (Å²) in [5.74, 6) is -0.688. The number of hydrogen-bond acceptors (Lipinski definition) is 3. The standard InChI is InChI=1S/C14H21N3O3/c1-4-11(9(2)3)17-14(20)16-8-10-5-6-12(13(18)19)15-7-10/h5-7,9,11H,4,8H2,1-3H3,(H,18,19)(H2,16,17,20). The Bertz CT molecular complexity index is 457. The molecule has 0 aliphatic rings. The molecule has 1 atom stereocenters. The first kappa shape index (κ1) is 15.9. The highest BCUT2D eigenvalue weighted by molar-refractivity contribution is 5.85. The summed E-state index contributed by atoms with van der Waals surface area (Å²) in [5.41, 5.74) is 0.742. The van der Waals surface area contributed by atoms with E-state index in [-0.39, 0.29) is 17.8 Å². The molecule has 0 aromatic carbocycles. The molecule has 6 nitrogen and oxygen atoms in total. The quantitative estimate of drug-likeness (QED) is 0.743. The second kappa shape index (κ2) is 7.47. The van der Waals surface area contributed by atoms with Gasteiger partial charge in [0.1, 0.15) is 5.69 Å². The number of amides is 2. The van der Waals surface area contributed by atoms with E-state index < -0.39 is 5.97 Å². The zero-order valence-electron chi connectivity index (χ0n) is 12.0. The highest BCUT2D eigenvalue weighted by Gasteiger charge is 2.13. The van der Waals surface area contributed by atoms with Crippen molar-refractivity contribution in [3.05, 3.63) is 29.6 Å². The van der Waals surface area contributed by atoms with Crippen molar-refractivity contribution in [3.63, 3.8) is 0 Å². The van der Waals surface area contributed by atoms with Crippen molar-refractivity contribution in [2.24, 2.45) is 5.92 Å². The van der Waals surface area contributed by atoms with Gasteiger partial charge in [-0.3, -0.25) is 0 Å². The second-order valence-corrected chi connectivity index (χ2v) is 4.94. The topological polar surface area (TPSA) is 91.3 Å². The number of aromatic nitrogens is 1. The van der Waals surface area contributed by atoms with Crippen molar-refractivity contribution in [1.29, 1.82) is 0 Å². The Balaban J connectivity index is 2.46. The van der Waals surface area contributed by atoms with Crippen LogP contribution in [0.2, 0.25) is 0 Å². The molecule has 1 unspecified atom stereocenters. The zero-order valence-corrected chi connectivity index (χ0v) is 12.0. The van der Waals surface area contributed by atoms with Crippen LogP contribution < -0.4 is 10.6 Å². The predicted octanol–water partition coefficient (Wildman–Crippen LogP) is 2.01. The molecule has 1 aromatic heterocycles. The van der Waals surface area contributed by atoms with E-state index in [2.05, 4.69) is 29.5 Å². The zero-order chi connectivity index (χ0) is 15.1. The molecule has 3 N–H and O–H groups in total. The average molecular weight is 279 g/mol. The third-order valence-electron chi connectivity index (χ3n) is 3.06. The molecule has 0 saturated carbocycles. The predicted molar refractivity (Wildman–Crippen MR) is 75.5 cm³/mol. The minimum absolute atomic E-state index is 0.0101. The Hall–Kier alpha value is -2.11. The molecule has 2 amide bonds. The summed E-state index contributed by atoms with van der Waals surface area (Å²) in [6, 6.07) is 2.96. The van der Waals surface area contributed by atoms with Gasteiger partial charge in [-0.15, -0.1) is 0 Å². The van der Waals surface area contributed by atoms with E-state index in [1.807, 2.05) is 6.92 Å². The smallest absolute Gasteiger partial charge is 0.354 e. The number of aromatic carboxylic acids is 1. The number of carbonyl (C=O) groups is 2. The van der Waals surface area contributed by atoms with Crippen molar-refractivity contribution < 1.29 is 14.7 Å². The fraction of sp³-hybridized carbons (Fsp3) is 0.500. The van der Waals surface area contributed by atoms with Crippen LogP contribution >= 0.6 is 0 Å². The minimum atomic E-state index is -1.06. The third-order valence-corrected chi connectivity index (χ3v) is 3.06. The van der Waals surface area contributed by atoms with E-state index in [0.29, 0.717) is 12.5 Å². The molecule has 0 aliphatic heterocycles. The van der Waals surface area contributed by atoms with Gasteiger partial charge in [0.05, 0.1) is 0 Å². The molecule has 0 bridgehead atoms. The first-order valence-electron chi connectivity index (χ1n) is 6.66. The number of carboxylic acid groups (broad SMARTS) is 1. The SMILES string of the molecule is CCC(NC(=O)NCc1ccc(C(=O)O)nc1)C(C)C. The summed E-state index contributed by atoms with van der Waals surface area (Å²) >= 11 is 0. The normalized spacial score (nSPS) is 12.0. The molecule has 1 rings (SSSR count). The first-order valence-corrected chi connectivity index (χ1v) is 6.66.